The molecule has 421 valence electrons. The summed E-state index contributed by atoms with van der Waals surface area (Å²) >= 11 is 0. The van der Waals surface area contributed by atoms with Crippen LogP contribution in [0, 0.1) is 13.8 Å². The summed E-state index contributed by atoms with van der Waals surface area (Å²) in [6.07, 6.45) is 4.65. The monoisotopic (exact) mass is 1100 g/mol. The number of hydrogen-bond donors (Lipinski definition) is 1. The third kappa shape index (κ3) is 9.16. The van der Waals surface area contributed by atoms with Gasteiger partial charge < -0.3 is 15.1 Å². The molecule has 0 spiro atoms. The highest BCUT2D eigenvalue weighted by Gasteiger charge is 2.42. The SMILES string of the molecule is Cc1cc(-c2ccc3c(c2Nc2ccc4c(c2)C(C)(C)CCC4(C)C)-c2ccccc2C3(C)C)c2c(c1)N(c1cc3c(cc1C)C(C)(C)CCC3(C)C)c1ccc(N(c3cccc(-c4ccccc4)c3)c3cccc(-c4ccccc4)c3)cc1[B]2. The summed E-state index contributed by atoms with van der Waals surface area (Å²) in [5.41, 5.74) is 32.4. The van der Waals surface area contributed by atoms with E-state index in [0.717, 1.165) is 46.7 Å². The molecule has 1 aliphatic heterocycles. The van der Waals surface area contributed by atoms with E-state index in [9.17, 15) is 0 Å². The van der Waals surface area contributed by atoms with Gasteiger partial charge in [-0.15, -0.1) is 0 Å². The van der Waals surface area contributed by atoms with Crippen molar-refractivity contribution in [2.45, 2.75) is 136 Å². The summed E-state index contributed by atoms with van der Waals surface area (Å²) < 4.78 is 0. The van der Waals surface area contributed by atoms with Crippen molar-refractivity contribution in [3.63, 3.8) is 0 Å². The Morgan fingerprint density at radius 3 is 1.56 bits per heavy atom. The number of nitrogens with zero attached hydrogens (tertiary/aromatic N) is 2. The zero-order valence-corrected chi connectivity index (χ0v) is 51.9. The molecule has 0 aromatic heterocycles. The lowest BCUT2D eigenvalue weighted by molar-refractivity contribution is 0.332. The molecule has 1 N–H and O–H groups in total. The summed E-state index contributed by atoms with van der Waals surface area (Å²) in [4.78, 5) is 5.08. The molecule has 14 rings (SSSR count). The van der Waals surface area contributed by atoms with Gasteiger partial charge in [-0.2, -0.15) is 0 Å². The van der Waals surface area contributed by atoms with Crippen molar-refractivity contribution in [2.24, 2.45) is 0 Å². The zero-order valence-electron chi connectivity index (χ0n) is 51.9. The van der Waals surface area contributed by atoms with E-state index in [-0.39, 0.29) is 27.1 Å². The van der Waals surface area contributed by atoms with Crippen LogP contribution in [0.25, 0.3) is 44.5 Å². The van der Waals surface area contributed by atoms with Gasteiger partial charge in [0.15, 0.2) is 7.28 Å². The average Bonchev–Trinajstić information content (AvgIpc) is 1.80. The van der Waals surface area contributed by atoms with Crippen molar-refractivity contribution in [1.29, 1.82) is 0 Å². The second-order valence-corrected chi connectivity index (χ2v) is 28.3. The summed E-state index contributed by atoms with van der Waals surface area (Å²) in [6.45, 7) is 29.0. The Labute approximate surface area is 507 Å². The average molecular weight is 1110 g/mol. The summed E-state index contributed by atoms with van der Waals surface area (Å²) in [5, 5.41) is 4.27. The Hall–Kier alpha value is -8.34. The molecular weight excluding hydrogens is 1030 g/mol. The van der Waals surface area contributed by atoms with Crippen LogP contribution in [0.1, 0.15) is 139 Å². The molecule has 0 saturated carbocycles. The lowest BCUT2D eigenvalue weighted by Crippen LogP contribution is -2.42. The van der Waals surface area contributed by atoms with Crippen molar-refractivity contribution in [3.05, 3.63) is 251 Å². The number of hydrogen-bond acceptors (Lipinski definition) is 3. The van der Waals surface area contributed by atoms with Gasteiger partial charge in [-0.3, -0.25) is 0 Å². The standard InChI is InChI=1S/C81H79BN3/c1-51-43-63(61-35-37-66-74(62-31-19-20-32-64(62)81(66,11)12)76(61)83-57-33-36-65-68(48-57)79(7,8)40-39-77(65,3)4)75-73(44-51)85(72-50-69-67(45-52(72)2)78(5,6)41-42-80(69,9)10)71-38-34-60(49-70(71)82-75)84(58-29-21-27-55(46-58)53-23-15-13-16-24-53)59-30-22-28-56(47-59)54-25-17-14-18-26-54/h13-38,43-50,83H,39-42H2,1-12H3. The molecule has 1 radical (unpaired) electrons. The van der Waals surface area contributed by atoms with Crippen LogP contribution in [-0.4, -0.2) is 7.28 Å². The highest BCUT2D eigenvalue weighted by molar-refractivity contribution is 6.73. The molecule has 0 amide bonds. The van der Waals surface area contributed by atoms with Crippen LogP contribution in [0.4, 0.5) is 45.5 Å². The molecule has 10 aromatic rings. The van der Waals surface area contributed by atoms with E-state index < -0.39 is 0 Å². The predicted molar refractivity (Wildman–Crippen MR) is 364 cm³/mol. The first-order chi connectivity index (χ1) is 40.7. The van der Waals surface area contributed by atoms with Gasteiger partial charge in [0.25, 0.3) is 0 Å². The van der Waals surface area contributed by atoms with Gasteiger partial charge in [0.05, 0.1) is 5.69 Å². The Kier molecular flexibility index (Phi) is 12.8. The molecule has 0 saturated heterocycles. The minimum Gasteiger partial charge on any atom is -0.354 e. The van der Waals surface area contributed by atoms with Crippen LogP contribution >= 0.6 is 0 Å². The maximum atomic E-state index is 4.27. The number of rotatable bonds is 9. The van der Waals surface area contributed by atoms with Crippen LogP contribution < -0.4 is 26.0 Å². The molecule has 3 nitrogen and oxygen atoms in total. The molecule has 10 aromatic carbocycles. The first-order valence-electron chi connectivity index (χ1n) is 31.1. The Balaban J connectivity index is 1.01. The van der Waals surface area contributed by atoms with Gasteiger partial charge in [0.1, 0.15) is 0 Å². The van der Waals surface area contributed by atoms with E-state index in [2.05, 4.69) is 312 Å². The third-order valence-corrected chi connectivity index (χ3v) is 20.3. The van der Waals surface area contributed by atoms with Crippen molar-refractivity contribution in [3.8, 4) is 44.5 Å². The fourth-order valence-corrected chi connectivity index (χ4v) is 15.2. The van der Waals surface area contributed by atoms with Crippen molar-refractivity contribution in [2.75, 3.05) is 15.1 Å². The molecule has 0 fully saturated rings. The fraction of sp³-hybridized carbons (Fsp3) is 0.259. The van der Waals surface area contributed by atoms with Gasteiger partial charge in [0, 0.05) is 56.4 Å². The van der Waals surface area contributed by atoms with E-state index in [0.29, 0.717) is 0 Å². The first-order valence-corrected chi connectivity index (χ1v) is 31.1. The smallest absolute Gasteiger partial charge is 0.197 e. The molecule has 4 aliphatic rings. The maximum absolute atomic E-state index is 4.27. The largest absolute Gasteiger partial charge is 0.354 e. The highest BCUT2D eigenvalue weighted by Crippen LogP contribution is 2.56. The lowest BCUT2D eigenvalue weighted by atomic mass is 9.57. The molecular formula is C81H79BN3. The van der Waals surface area contributed by atoms with E-state index in [1.807, 2.05) is 0 Å². The van der Waals surface area contributed by atoms with Gasteiger partial charge in [0.2, 0.25) is 0 Å². The second kappa shape index (κ2) is 19.9. The van der Waals surface area contributed by atoms with Gasteiger partial charge in [-0.05, 0) is 211 Å². The molecule has 4 heteroatoms. The third-order valence-electron chi connectivity index (χ3n) is 20.3. The van der Waals surface area contributed by atoms with Gasteiger partial charge >= 0.3 is 0 Å². The number of aryl methyl sites for hydroxylation is 2. The van der Waals surface area contributed by atoms with E-state index >= 15 is 0 Å². The van der Waals surface area contributed by atoms with Gasteiger partial charge in [-0.25, -0.2) is 0 Å². The molecule has 0 unspecified atom stereocenters. The Morgan fingerprint density at radius 2 is 0.929 bits per heavy atom. The molecule has 85 heavy (non-hydrogen) atoms. The van der Waals surface area contributed by atoms with E-state index in [4.69, 9.17) is 0 Å². The Morgan fingerprint density at radius 1 is 0.388 bits per heavy atom. The first kappa shape index (κ1) is 54.6. The summed E-state index contributed by atoms with van der Waals surface area (Å²) in [6, 6.07) is 78.2. The van der Waals surface area contributed by atoms with Crippen LogP contribution in [0.15, 0.2) is 206 Å². The summed E-state index contributed by atoms with van der Waals surface area (Å²) in [5.74, 6) is 0. The fourth-order valence-electron chi connectivity index (χ4n) is 15.2. The molecule has 0 bridgehead atoms. The topological polar surface area (TPSA) is 18.5 Å². The number of anilines is 8. The quantitative estimate of drug-likeness (QED) is 0.145. The van der Waals surface area contributed by atoms with Crippen LogP contribution in [-0.2, 0) is 27.1 Å². The van der Waals surface area contributed by atoms with Crippen molar-refractivity contribution < 1.29 is 0 Å². The summed E-state index contributed by atoms with van der Waals surface area (Å²) in [7, 11) is 2.51. The molecule has 0 atom stereocenters. The minimum atomic E-state index is -0.188. The normalized spacial score (nSPS) is 16.8. The predicted octanol–water partition coefficient (Wildman–Crippen LogP) is 21.0. The maximum Gasteiger partial charge on any atom is 0.197 e. The number of benzene rings is 10. The van der Waals surface area contributed by atoms with E-state index in [1.165, 1.54) is 124 Å². The van der Waals surface area contributed by atoms with Crippen LogP contribution in [0.5, 0.6) is 0 Å². The second-order valence-electron chi connectivity index (χ2n) is 28.3. The van der Waals surface area contributed by atoms with Crippen LogP contribution in [0.3, 0.4) is 0 Å². The highest BCUT2D eigenvalue weighted by atomic mass is 15.2. The van der Waals surface area contributed by atoms with Crippen molar-refractivity contribution in [1.82, 2.24) is 0 Å². The Bertz CT molecular complexity index is 4230. The lowest BCUT2D eigenvalue weighted by Gasteiger charge is -2.44. The number of nitrogens with one attached hydrogen (secondary N) is 1. The van der Waals surface area contributed by atoms with E-state index in [1.54, 1.807) is 0 Å². The molecule has 1 heterocycles. The minimum absolute atomic E-state index is 0.0162. The number of fused-ring (bicyclic) bond motifs is 7. The zero-order chi connectivity index (χ0) is 59.0. The molecule has 3 aliphatic carbocycles. The van der Waals surface area contributed by atoms with Crippen LogP contribution in [0.2, 0.25) is 0 Å². The van der Waals surface area contributed by atoms with Gasteiger partial charge in [-0.1, -0.05) is 214 Å². The van der Waals surface area contributed by atoms with Crippen molar-refractivity contribution >= 4 is 63.7 Å².